The number of carbonyl (C=O) groups is 2. The Morgan fingerprint density at radius 2 is 2.00 bits per heavy atom. The van der Waals surface area contributed by atoms with Crippen LogP contribution in [0.4, 0.5) is 0 Å². The van der Waals surface area contributed by atoms with Gasteiger partial charge in [-0.15, -0.1) is 0 Å². The lowest BCUT2D eigenvalue weighted by Gasteiger charge is -2.33. The maximum atomic E-state index is 12.2. The molecule has 25 heavy (non-hydrogen) atoms. The van der Waals surface area contributed by atoms with Crippen molar-refractivity contribution in [3.8, 4) is 0 Å². The highest BCUT2D eigenvalue weighted by atomic mass is 16.2. The minimum absolute atomic E-state index is 0.0192. The van der Waals surface area contributed by atoms with Crippen LogP contribution in [0.2, 0.25) is 0 Å². The molecule has 138 valence electrons. The van der Waals surface area contributed by atoms with E-state index in [0.29, 0.717) is 12.6 Å². The van der Waals surface area contributed by atoms with Crippen LogP contribution in [0.1, 0.15) is 57.6 Å². The topological polar surface area (TPSA) is 61.4 Å². The molecule has 2 unspecified atom stereocenters. The number of carbonyl (C=O) groups excluding carboxylic acids is 2. The molecule has 1 aromatic rings. The first-order valence-corrected chi connectivity index (χ1v) is 9.39. The number of hydrogen-bond acceptors (Lipinski definition) is 3. The summed E-state index contributed by atoms with van der Waals surface area (Å²) in [5, 5.41) is 5.86. The first-order valence-electron chi connectivity index (χ1n) is 9.39. The van der Waals surface area contributed by atoms with Crippen LogP contribution in [0.5, 0.6) is 0 Å². The summed E-state index contributed by atoms with van der Waals surface area (Å²) in [7, 11) is 0. The quantitative estimate of drug-likeness (QED) is 0.712. The third-order valence-corrected chi connectivity index (χ3v) is 4.85. The molecule has 0 aromatic heterocycles. The molecule has 0 radical (unpaired) electrons. The predicted octanol–water partition coefficient (Wildman–Crippen LogP) is 2.63. The average molecular weight is 345 g/mol. The van der Waals surface area contributed by atoms with Gasteiger partial charge in [-0.2, -0.15) is 0 Å². The summed E-state index contributed by atoms with van der Waals surface area (Å²) in [6, 6.07) is 10.0. The second-order valence-electron chi connectivity index (χ2n) is 6.95. The van der Waals surface area contributed by atoms with Gasteiger partial charge in [0.05, 0.1) is 12.5 Å². The summed E-state index contributed by atoms with van der Waals surface area (Å²) in [4.78, 5) is 26.2. The fraction of sp³-hybridized carbons (Fsp3) is 0.600. The molecule has 1 aromatic carbocycles. The molecule has 0 aliphatic carbocycles. The molecule has 2 amide bonds. The summed E-state index contributed by atoms with van der Waals surface area (Å²) >= 11 is 0. The molecule has 1 fully saturated rings. The number of likely N-dealkylation sites (tertiary alicyclic amines) is 1. The molecule has 2 atom stereocenters. The lowest BCUT2D eigenvalue weighted by atomic mass is 10.0. The fourth-order valence-corrected chi connectivity index (χ4v) is 3.44. The lowest BCUT2D eigenvalue weighted by Crippen LogP contribution is -2.39. The Morgan fingerprint density at radius 1 is 1.24 bits per heavy atom. The Bertz CT molecular complexity index is 547. The number of piperidine rings is 1. The van der Waals surface area contributed by atoms with Crippen LogP contribution in [0, 0.1) is 0 Å². The zero-order valence-corrected chi connectivity index (χ0v) is 15.5. The molecule has 5 nitrogen and oxygen atoms in total. The molecule has 1 heterocycles. The first-order chi connectivity index (χ1) is 12.1. The molecule has 2 rings (SSSR count). The Morgan fingerprint density at radius 3 is 2.68 bits per heavy atom. The second kappa shape index (κ2) is 10.2. The molecule has 1 aliphatic heterocycles. The van der Waals surface area contributed by atoms with Crippen LogP contribution in [0.3, 0.4) is 0 Å². The highest BCUT2D eigenvalue weighted by molar-refractivity contribution is 5.79. The maximum Gasteiger partial charge on any atom is 0.222 e. The Labute approximate surface area is 151 Å². The molecule has 0 bridgehead atoms. The summed E-state index contributed by atoms with van der Waals surface area (Å²) in [6.07, 6.45) is 5.13. The van der Waals surface area contributed by atoms with Crippen molar-refractivity contribution in [1.29, 1.82) is 0 Å². The van der Waals surface area contributed by atoms with Gasteiger partial charge in [-0.25, -0.2) is 0 Å². The van der Waals surface area contributed by atoms with Crippen LogP contribution >= 0.6 is 0 Å². The van der Waals surface area contributed by atoms with Crippen LogP contribution < -0.4 is 10.6 Å². The molecule has 1 aliphatic rings. The van der Waals surface area contributed by atoms with Gasteiger partial charge < -0.3 is 15.5 Å². The number of amides is 2. The fourth-order valence-electron chi connectivity index (χ4n) is 3.44. The van der Waals surface area contributed by atoms with Gasteiger partial charge in [0.1, 0.15) is 0 Å². The highest BCUT2D eigenvalue weighted by Gasteiger charge is 2.18. The maximum absolute atomic E-state index is 12.2. The van der Waals surface area contributed by atoms with E-state index in [1.54, 1.807) is 0 Å². The van der Waals surface area contributed by atoms with Gasteiger partial charge >= 0.3 is 0 Å². The average Bonchev–Trinajstić information content (AvgIpc) is 2.60. The van der Waals surface area contributed by atoms with E-state index >= 15 is 0 Å². The minimum Gasteiger partial charge on any atom is -0.356 e. The van der Waals surface area contributed by atoms with Crippen molar-refractivity contribution in [2.75, 3.05) is 19.6 Å². The third kappa shape index (κ3) is 6.86. The van der Waals surface area contributed by atoms with Crippen molar-refractivity contribution in [1.82, 2.24) is 15.5 Å². The summed E-state index contributed by atoms with van der Waals surface area (Å²) < 4.78 is 0. The second-order valence-corrected chi connectivity index (χ2v) is 6.95. The van der Waals surface area contributed by atoms with Crippen molar-refractivity contribution >= 4 is 11.8 Å². The molecular weight excluding hydrogens is 314 g/mol. The van der Waals surface area contributed by atoms with Crippen LogP contribution in [-0.4, -0.2) is 42.4 Å². The van der Waals surface area contributed by atoms with E-state index < -0.39 is 0 Å². The summed E-state index contributed by atoms with van der Waals surface area (Å²) in [5.41, 5.74) is 0.954. The molecule has 0 spiro atoms. The van der Waals surface area contributed by atoms with E-state index in [0.717, 1.165) is 18.5 Å². The molecule has 0 saturated carbocycles. The normalized spacial score (nSPS) is 19.2. The van der Waals surface area contributed by atoms with Gasteiger partial charge in [0, 0.05) is 26.1 Å². The Balaban J connectivity index is 1.74. The van der Waals surface area contributed by atoms with Gasteiger partial charge in [-0.3, -0.25) is 9.59 Å². The highest BCUT2D eigenvalue weighted by Crippen LogP contribution is 2.17. The Hall–Kier alpha value is -1.88. The van der Waals surface area contributed by atoms with Crippen molar-refractivity contribution in [2.45, 2.75) is 58.0 Å². The number of nitrogens with zero attached hydrogens (tertiary/aromatic N) is 1. The van der Waals surface area contributed by atoms with Gasteiger partial charge in [-0.05, 0) is 38.3 Å². The van der Waals surface area contributed by atoms with E-state index in [1.165, 1.54) is 32.7 Å². The van der Waals surface area contributed by atoms with Crippen molar-refractivity contribution in [2.24, 2.45) is 0 Å². The Kier molecular flexibility index (Phi) is 7.92. The van der Waals surface area contributed by atoms with Gasteiger partial charge in [0.15, 0.2) is 0 Å². The zero-order chi connectivity index (χ0) is 18.1. The van der Waals surface area contributed by atoms with E-state index in [-0.39, 0.29) is 24.3 Å². The van der Waals surface area contributed by atoms with Crippen LogP contribution in [0.15, 0.2) is 30.3 Å². The number of nitrogens with one attached hydrogen (secondary N) is 2. The molecule has 1 saturated heterocycles. The van der Waals surface area contributed by atoms with Gasteiger partial charge in [0.2, 0.25) is 11.8 Å². The summed E-state index contributed by atoms with van der Waals surface area (Å²) in [6.45, 7) is 6.66. The SMILES string of the molecule is CC(=O)NC(CC(=O)NCCCN1CCCCC1C)c1ccccc1. The molecular formula is C20H31N3O2. The van der Waals surface area contributed by atoms with E-state index in [4.69, 9.17) is 0 Å². The number of hydrogen-bond donors (Lipinski definition) is 2. The summed E-state index contributed by atoms with van der Waals surface area (Å²) in [5.74, 6) is -0.143. The number of rotatable bonds is 8. The zero-order valence-electron chi connectivity index (χ0n) is 15.5. The predicted molar refractivity (Wildman–Crippen MR) is 100 cm³/mol. The first kappa shape index (κ1) is 19.4. The van der Waals surface area contributed by atoms with Gasteiger partial charge in [-0.1, -0.05) is 36.8 Å². The van der Waals surface area contributed by atoms with E-state index in [9.17, 15) is 9.59 Å². The lowest BCUT2D eigenvalue weighted by molar-refractivity contribution is -0.122. The van der Waals surface area contributed by atoms with Crippen molar-refractivity contribution in [3.05, 3.63) is 35.9 Å². The minimum atomic E-state index is -0.277. The van der Waals surface area contributed by atoms with Crippen molar-refractivity contribution < 1.29 is 9.59 Å². The van der Waals surface area contributed by atoms with E-state index in [2.05, 4.69) is 22.5 Å². The monoisotopic (exact) mass is 345 g/mol. The standard InChI is InChI=1S/C20H31N3O2/c1-16-9-6-7-13-23(16)14-8-12-21-20(25)15-19(22-17(2)24)18-10-4-3-5-11-18/h3-5,10-11,16,19H,6-9,12-15H2,1-2H3,(H,21,25)(H,22,24). The molecule has 5 heteroatoms. The van der Waals surface area contributed by atoms with Gasteiger partial charge in [0.25, 0.3) is 0 Å². The third-order valence-electron chi connectivity index (χ3n) is 4.85. The molecule has 2 N–H and O–H groups in total. The number of benzene rings is 1. The van der Waals surface area contributed by atoms with Crippen LogP contribution in [0.25, 0.3) is 0 Å². The van der Waals surface area contributed by atoms with Crippen LogP contribution in [-0.2, 0) is 9.59 Å². The van der Waals surface area contributed by atoms with Crippen molar-refractivity contribution in [3.63, 3.8) is 0 Å². The largest absolute Gasteiger partial charge is 0.356 e. The smallest absolute Gasteiger partial charge is 0.222 e. The van der Waals surface area contributed by atoms with E-state index in [1.807, 2.05) is 30.3 Å².